The van der Waals surface area contributed by atoms with Gasteiger partial charge in [0.05, 0.1) is 6.04 Å². The Morgan fingerprint density at radius 2 is 1.82 bits per heavy atom. The Morgan fingerprint density at radius 3 is 2.46 bits per heavy atom. The number of sulfonamides is 1. The highest BCUT2D eigenvalue weighted by Crippen LogP contribution is 2.26. The molecular formula is C19H29ClN4O3S. The van der Waals surface area contributed by atoms with Crippen LogP contribution in [0.4, 0.5) is 0 Å². The van der Waals surface area contributed by atoms with Crippen LogP contribution in [0.5, 0.6) is 0 Å². The van der Waals surface area contributed by atoms with Gasteiger partial charge in [0.1, 0.15) is 5.75 Å². The molecule has 1 aromatic rings. The minimum absolute atomic E-state index is 0.00325. The smallest absolute Gasteiger partial charge is 0.236 e. The van der Waals surface area contributed by atoms with E-state index in [1.807, 2.05) is 31.3 Å². The van der Waals surface area contributed by atoms with Crippen LogP contribution in [0.2, 0.25) is 5.02 Å². The van der Waals surface area contributed by atoms with Crippen LogP contribution in [-0.4, -0.2) is 87.0 Å². The molecule has 0 spiro atoms. The summed E-state index contributed by atoms with van der Waals surface area (Å²) in [6, 6.07) is 7.64. The van der Waals surface area contributed by atoms with Crippen LogP contribution in [0.15, 0.2) is 24.3 Å². The first kappa shape index (κ1) is 21.5. The second-order valence-electron chi connectivity index (χ2n) is 7.58. The van der Waals surface area contributed by atoms with Gasteiger partial charge in [-0.25, -0.2) is 8.42 Å². The largest absolute Gasteiger partial charge is 0.353 e. The first-order valence-electron chi connectivity index (χ1n) is 9.78. The van der Waals surface area contributed by atoms with Gasteiger partial charge in [0.25, 0.3) is 0 Å². The Balaban J connectivity index is 1.60. The van der Waals surface area contributed by atoms with Gasteiger partial charge in [-0.05, 0) is 50.7 Å². The average Bonchev–Trinajstić information content (AvgIpc) is 3.16. The molecule has 9 heteroatoms. The van der Waals surface area contributed by atoms with E-state index in [0.29, 0.717) is 37.7 Å². The molecule has 1 aromatic carbocycles. The van der Waals surface area contributed by atoms with Crippen LogP contribution in [0.3, 0.4) is 0 Å². The van der Waals surface area contributed by atoms with Crippen LogP contribution in [0.1, 0.15) is 24.4 Å². The molecule has 1 amide bonds. The minimum Gasteiger partial charge on any atom is -0.353 e. The molecule has 2 fully saturated rings. The third kappa shape index (κ3) is 5.67. The lowest BCUT2D eigenvalue weighted by Gasteiger charge is -2.31. The van der Waals surface area contributed by atoms with Crippen molar-refractivity contribution in [2.45, 2.75) is 18.9 Å². The zero-order valence-corrected chi connectivity index (χ0v) is 17.9. The molecule has 28 heavy (non-hydrogen) atoms. The van der Waals surface area contributed by atoms with E-state index >= 15 is 0 Å². The second-order valence-corrected chi connectivity index (χ2v) is 9.98. The predicted molar refractivity (Wildman–Crippen MR) is 111 cm³/mol. The van der Waals surface area contributed by atoms with Gasteiger partial charge in [-0.1, -0.05) is 23.7 Å². The van der Waals surface area contributed by atoms with Gasteiger partial charge in [0.2, 0.25) is 15.9 Å². The summed E-state index contributed by atoms with van der Waals surface area (Å²) >= 11 is 6.15. The van der Waals surface area contributed by atoms with Crippen LogP contribution >= 0.6 is 11.6 Å². The average molecular weight is 429 g/mol. The number of hydrogen-bond acceptors (Lipinski definition) is 5. The highest BCUT2D eigenvalue weighted by Gasteiger charge is 2.29. The van der Waals surface area contributed by atoms with E-state index in [-0.39, 0.29) is 6.04 Å². The van der Waals surface area contributed by atoms with E-state index in [9.17, 15) is 13.2 Å². The van der Waals surface area contributed by atoms with Crippen molar-refractivity contribution in [3.8, 4) is 0 Å². The fourth-order valence-electron chi connectivity index (χ4n) is 3.81. The van der Waals surface area contributed by atoms with Gasteiger partial charge in [0.15, 0.2) is 0 Å². The quantitative estimate of drug-likeness (QED) is 0.705. The SMILES string of the molecule is CN1CCN(S(=O)(=O)CC(=O)NC[C@H](c2cccc(Cl)c2)N2CCCC2)CC1. The van der Waals surface area contributed by atoms with E-state index in [2.05, 4.69) is 15.1 Å². The van der Waals surface area contributed by atoms with E-state index in [4.69, 9.17) is 11.6 Å². The van der Waals surface area contributed by atoms with Crippen molar-refractivity contribution < 1.29 is 13.2 Å². The molecular weight excluding hydrogens is 400 g/mol. The van der Waals surface area contributed by atoms with E-state index < -0.39 is 21.7 Å². The fraction of sp³-hybridized carbons (Fsp3) is 0.632. The molecule has 1 atom stereocenters. The number of benzene rings is 1. The minimum atomic E-state index is -3.58. The Morgan fingerprint density at radius 1 is 1.14 bits per heavy atom. The van der Waals surface area contributed by atoms with Gasteiger partial charge in [-0.15, -0.1) is 0 Å². The summed E-state index contributed by atoms with van der Waals surface area (Å²) in [4.78, 5) is 16.8. The first-order chi connectivity index (χ1) is 13.3. The molecule has 0 saturated carbocycles. The van der Waals surface area contributed by atoms with Crippen molar-refractivity contribution in [3.63, 3.8) is 0 Å². The molecule has 0 aromatic heterocycles. The molecule has 2 heterocycles. The molecule has 0 aliphatic carbocycles. The van der Waals surface area contributed by atoms with Crippen molar-refractivity contribution >= 4 is 27.5 Å². The number of carbonyl (C=O) groups is 1. The molecule has 0 radical (unpaired) electrons. The topological polar surface area (TPSA) is 73.0 Å². The lowest BCUT2D eigenvalue weighted by molar-refractivity contribution is -0.118. The maximum absolute atomic E-state index is 12.5. The summed E-state index contributed by atoms with van der Waals surface area (Å²) in [5.41, 5.74) is 1.04. The summed E-state index contributed by atoms with van der Waals surface area (Å²) in [6.45, 7) is 4.55. The zero-order valence-electron chi connectivity index (χ0n) is 16.3. The van der Waals surface area contributed by atoms with Crippen molar-refractivity contribution in [2.75, 3.05) is 58.6 Å². The number of piperazine rings is 1. The standard InChI is InChI=1S/C19H29ClN4O3S/c1-22-9-11-24(12-10-22)28(26,27)15-19(25)21-14-18(23-7-2-3-8-23)16-5-4-6-17(20)13-16/h4-6,13,18H,2-3,7-12,14-15H2,1H3,(H,21,25)/t18-/m1/s1. The Hall–Kier alpha value is -1.19. The molecule has 2 aliphatic rings. The molecule has 156 valence electrons. The predicted octanol–water partition coefficient (Wildman–Crippen LogP) is 1.17. The third-order valence-corrected chi connectivity index (χ3v) is 7.49. The molecule has 7 nitrogen and oxygen atoms in total. The van der Waals surface area contributed by atoms with Crippen LogP contribution < -0.4 is 5.32 Å². The lowest BCUT2D eigenvalue weighted by atomic mass is 10.1. The summed E-state index contributed by atoms with van der Waals surface area (Å²) in [5.74, 6) is -0.955. The lowest BCUT2D eigenvalue weighted by Crippen LogP contribution is -2.49. The maximum atomic E-state index is 12.5. The highest BCUT2D eigenvalue weighted by molar-refractivity contribution is 7.89. The Labute approximate surface area is 172 Å². The summed E-state index contributed by atoms with van der Waals surface area (Å²) in [7, 11) is -1.62. The normalized spacial score (nSPS) is 20.9. The molecule has 2 aliphatic heterocycles. The van der Waals surface area contributed by atoms with Crippen molar-refractivity contribution in [3.05, 3.63) is 34.9 Å². The van der Waals surface area contributed by atoms with Gasteiger partial charge in [-0.3, -0.25) is 9.69 Å². The van der Waals surface area contributed by atoms with E-state index in [1.165, 1.54) is 4.31 Å². The van der Waals surface area contributed by atoms with Gasteiger partial charge in [0, 0.05) is 37.7 Å². The number of halogens is 1. The van der Waals surface area contributed by atoms with Gasteiger partial charge >= 0.3 is 0 Å². The Kier molecular flexibility index (Phi) is 7.33. The van der Waals surface area contributed by atoms with Crippen molar-refractivity contribution in [2.24, 2.45) is 0 Å². The van der Waals surface area contributed by atoms with Gasteiger partial charge in [-0.2, -0.15) is 4.31 Å². The fourth-order valence-corrected chi connectivity index (χ4v) is 5.34. The first-order valence-corrected chi connectivity index (χ1v) is 11.8. The number of nitrogens with zero attached hydrogens (tertiary/aromatic N) is 3. The summed E-state index contributed by atoms with van der Waals surface area (Å²) in [6.07, 6.45) is 2.26. The monoisotopic (exact) mass is 428 g/mol. The van der Waals surface area contributed by atoms with Crippen LogP contribution in [0, 0.1) is 0 Å². The van der Waals surface area contributed by atoms with Crippen molar-refractivity contribution in [1.82, 2.24) is 19.4 Å². The summed E-state index contributed by atoms with van der Waals surface area (Å²) in [5, 5.41) is 3.50. The number of likely N-dealkylation sites (N-methyl/N-ethyl adjacent to an activating group) is 1. The second kappa shape index (κ2) is 9.54. The van der Waals surface area contributed by atoms with E-state index in [1.54, 1.807) is 0 Å². The Bertz CT molecular complexity index is 775. The van der Waals surface area contributed by atoms with Gasteiger partial charge < -0.3 is 10.2 Å². The number of carbonyl (C=O) groups excluding carboxylic acids is 1. The number of nitrogens with one attached hydrogen (secondary N) is 1. The van der Waals surface area contributed by atoms with E-state index in [0.717, 1.165) is 31.5 Å². The number of hydrogen-bond donors (Lipinski definition) is 1. The molecule has 2 saturated heterocycles. The molecule has 3 rings (SSSR count). The van der Waals surface area contributed by atoms with Crippen LogP contribution in [-0.2, 0) is 14.8 Å². The molecule has 1 N–H and O–H groups in total. The number of likely N-dealkylation sites (tertiary alicyclic amines) is 1. The molecule has 0 bridgehead atoms. The zero-order chi connectivity index (χ0) is 20.1. The third-order valence-electron chi connectivity index (χ3n) is 5.48. The van der Waals surface area contributed by atoms with Crippen LogP contribution in [0.25, 0.3) is 0 Å². The molecule has 0 unspecified atom stereocenters. The number of amides is 1. The summed E-state index contributed by atoms with van der Waals surface area (Å²) < 4.78 is 26.5. The number of rotatable bonds is 7. The van der Waals surface area contributed by atoms with Crippen molar-refractivity contribution in [1.29, 1.82) is 0 Å². The highest BCUT2D eigenvalue weighted by atomic mass is 35.5. The maximum Gasteiger partial charge on any atom is 0.236 e.